The van der Waals surface area contributed by atoms with Gasteiger partial charge in [0.25, 0.3) is 0 Å². The highest BCUT2D eigenvalue weighted by molar-refractivity contribution is 6.32. The Balaban J connectivity index is 1.94. The zero-order chi connectivity index (χ0) is 17.2. The summed E-state index contributed by atoms with van der Waals surface area (Å²) in [5, 5.41) is 0.508. The number of hydrogen-bond acceptors (Lipinski definition) is 5. The summed E-state index contributed by atoms with van der Waals surface area (Å²) in [5.41, 5.74) is 0.344. The quantitative estimate of drug-likeness (QED) is 0.598. The van der Waals surface area contributed by atoms with Crippen LogP contribution in [0.1, 0.15) is 33.3 Å². The number of ether oxygens (including phenoxy) is 1. The van der Waals surface area contributed by atoms with E-state index in [4.69, 9.17) is 27.9 Å². The summed E-state index contributed by atoms with van der Waals surface area (Å²) in [4.78, 5) is 24.1. The van der Waals surface area contributed by atoms with Crippen LogP contribution in [0.15, 0.2) is 6.20 Å². The molecule has 23 heavy (non-hydrogen) atoms. The number of carbonyl (C=O) groups is 1. The molecule has 0 bridgehead atoms. The van der Waals surface area contributed by atoms with Gasteiger partial charge >= 0.3 is 6.09 Å². The van der Waals surface area contributed by atoms with E-state index in [1.807, 2.05) is 27.7 Å². The van der Waals surface area contributed by atoms with Gasteiger partial charge in [-0.15, -0.1) is 0 Å². The predicted octanol–water partition coefficient (Wildman–Crippen LogP) is 3.22. The van der Waals surface area contributed by atoms with Gasteiger partial charge in [-0.05, 0) is 39.3 Å². The van der Waals surface area contributed by atoms with Crippen LogP contribution >= 0.6 is 23.2 Å². The van der Waals surface area contributed by atoms with E-state index >= 15 is 0 Å². The summed E-state index contributed by atoms with van der Waals surface area (Å²) >= 11 is 11.8. The zero-order valence-corrected chi connectivity index (χ0v) is 15.4. The first-order chi connectivity index (χ1) is 10.7. The molecule has 1 aromatic rings. The van der Waals surface area contributed by atoms with Crippen LogP contribution < -0.4 is 0 Å². The first kappa shape index (κ1) is 18.2. The molecule has 0 saturated carbocycles. The van der Waals surface area contributed by atoms with Gasteiger partial charge in [0.05, 0.1) is 0 Å². The lowest BCUT2D eigenvalue weighted by atomic mass is 10.1. The second kappa shape index (κ2) is 7.20. The Morgan fingerprint density at radius 2 is 2.09 bits per heavy atom. The molecule has 2 rings (SSSR count). The molecule has 1 aliphatic rings. The van der Waals surface area contributed by atoms with E-state index in [0.29, 0.717) is 18.2 Å². The van der Waals surface area contributed by atoms with Gasteiger partial charge in [0.1, 0.15) is 10.8 Å². The molecule has 1 atom stereocenters. The highest BCUT2D eigenvalue weighted by Gasteiger charge is 2.31. The van der Waals surface area contributed by atoms with Crippen LogP contribution in [0.4, 0.5) is 4.79 Å². The smallest absolute Gasteiger partial charge is 0.410 e. The van der Waals surface area contributed by atoms with Crippen LogP contribution in [-0.4, -0.2) is 57.1 Å². The largest absolute Gasteiger partial charge is 0.444 e. The summed E-state index contributed by atoms with van der Waals surface area (Å²) in [6.45, 7) is 10.3. The third kappa shape index (κ3) is 5.19. The molecule has 128 valence electrons. The molecule has 0 radical (unpaired) electrons. The van der Waals surface area contributed by atoms with Gasteiger partial charge in [0, 0.05) is 44.0 Å². The van der Waals surface area contributed by atoms with Crippen molar-refractivity contribution in [2.75, 3.05) is 19.6 Å². The molecule has 1 fully saturated rings. The van der Waals surface area contributed by atoms with Crippen molar-refractivity contribution >= 4 is 29.3 Å². The highest BCUT2D eigenvalue weighted by atomic mass is 35.5. The maximum absolute atomic E-state index is 12.2. The summed E-state index contributed by atoms with van der Waals surface area (Å²) in [7, 11) is 0. The summed E-state index contributed by atoms with van der Waals surface area (Å²) in [6.07, 6.45) is 1.38. The Morgan fingerprint density at radius 3 is 2.65 bits per heavy atom. The van der Waals surface area contributed by atoms with E-state index in [9.17, 15) is 4.79 Å². The average Bonchev–Trinajstić information content (AvgIpc) is 2.40. The second-order valence-corrected chi connectivity index (χ2v) is 7.41. The van der Waals surface area contributed by atoms with Gasteiger partial charge in [-0.1, -0.05) is 11.6 Å². The minimum atomic E-state index is -0.484. The molecule has 8 heteroatoms. The minimum Gasteiger partial charge on any atom is -0.444 e. The van der Waals surface area contributed by atoms with Gasteiger partial charge in [-0.3, -0.25) is 4.90 Å². The SMILES string of the molecule is C[C@@H]1CN(Cc2cnc(Cl)nc2Cl)CCN1C(=O)OC(C)(C)C. The van der Waals surface area contributed by atoms with Crippen LogP contribution in [0.5, 0.6) is 0 Å². The van der Waals surface area contributed by atoms with E-state index in [-0.39, 0.29) is 17.4 Å². The summed E-state index contributed by atoms with van der Waals surface area (Å²) < 4.78 is 5.45. The third-order valence-corrected chi connectivity index (χ3v) is 4.03. The molecule has 0 unspecified atom stereocenters. The fourth-order valence-electron chi connectivity index (χ4n) is 2.48. The molecule has 0 spiro atoms. The first-order valence-electron chi connectivity index (χ1n) is 7.54. The number of halogens is 2. The van der Waals surface area contributed by atoms with Crippen LogP contribution in [0.25, 0.3) is 0 Å². The molecule has 0 N–H and O–H groups in total. The Morgan fingerprint density at radius 1 is 1.39 bits per heavy atom. The van der Waals surface area contributed by atoms with Crippen molar-refractivity contribution in [1.29, 1.82) is 0 Å². The van der Waals surface area contributed by atoms with Crippen LogP contribution in [0.2, 0.25) is 10.4 Å². The monoisotopic (exact) mass is 360 g/mol. The summed E-state index contributed by atoms with van der Waals surface area (Å²) in [6, 6.07) is 0.0607. The molecule has 1 aliphatic heterocycles. The number of piperazine rings is 1. The third-order valence-electron chi connectivity index (χ3n) is 3.52. The molecule has 2 heterocycles. The molecule has 1 aromatic heterocycles. The van der Waals surface area contributed by atoms with E-state index in [1.165, 1.54) is 0 Å². The molecular weight excluding hydrogens is 339 g/mol. The molecular formula is C15H22Cl2N4O2. The van der Waals surface area contributed by atoms with E-state index in [2.05, 4.69) is 14.9 Å². The van der Waals surface area contributed by atoms with Crippen molar-refractivity contribution in [3.05, 3.63) is 22.2 Å². The number of rotatable bonds is 2. The van der Waals surface area contributed by atoms with Crippen molar-refractivity contribution in [3.63, 3.8) is 0 Å². The Bertz CT molecular complexity index is 577. The van der Waals surface area contributed by atoms with E-state index in [1.54, 1.807) is 11.1 Å². The second-order valence-electron chi connectivity index (χ2n) is 6.71. The van der Waals surface area contributed by atoms with E-state index < -0.39 is 5.60 Å². The van der Waals surface area contributed by atoms with E-state index in [0.717, 1.165) is 18.7 Å². The number of aromatic nitrogens is 2. The Kier molecular flexibility index (Phi) is 5.70. The summed E-state index contributed by atoms with van der Waals surface area (Å²) in [5.74, 6) is 0. The van der Waals surface area contributed by atoms with Crippen molar-refractivity contribution in [2.24, 2.45) is 0 Å². The number of hydrogen-bond donors (Lipinski definition) is 0. The molecule has 1 amide bonds. The fraction of sp³-hybridized carbons (Fsp3) is 0.667. The van der Waals surface area contributed by atoms with Crippen molar-refractivity contribution in [1.82, 2.24) is 19.8 Å². The molecule has 6 nitrogen and oxygen atoms in total. The Hall–Kier alpha value is -1.11. The van der Waals surface area contributed by atoms with Crippen molar-refractivity contribution in [3.8, 4) is 0 Å². The maximum atomic E-state index is 12.2. The van der Waals surface area contributed by atoms with Crippen molar-refractivity contribution in [2.45, 2.75) is 45.9 Å². The first-order valence-corrected chi connectivity index (χ1v) is 8.30. The average molecular weight is 361 g/mol. The van der Waals surface area contributed by atoms with Gasteiger partial charge in [-0.2, -0.15) is 0 Å². The van der Waals surface area contributed by atoms with Crippen molar-refractivity contribution < 1.29 is 9.53 Å². The van der Waals surface area contributed by atoms with Crippen LogP contribution in [0, 0.1) is 0 Å². The minimum absolute atomic E-state index is 0.0607. The number of nitrogens with zero attached hydrogens (tertiary/aromatic N) is 4. The van der Waals surface area contributed by atoms with Crippen LogP contribution in [0.3, 0.4) is 0 Å². The normalized spacial score (nSPS) is 19.7. The lowest BCUT2D eigenvalue weighted by Gasteiger charge is -2.40. The lowest BCUT2D eigenvalue weighted by molar-refractivity contribution is 0.000539. The predicted molar refractivity (Wildman–Crippen MR) is 89.7 cm³/mol. The Labute approximate surface area is 146 Å². The topological polar surface area (TPSA) is 58.6 Å². The van der Waals surface area contributed by atoms with Gasteiger partial charge < -0.3 is 9.64 Å². The van der Waals surface area contributed by atoms with Gasteiger partial charge in [-0.25, -0.2) is 14.8 Å². The highest BCUT2D eigenvalue weighted by Crippen LogP contribution is 2.20. The maximum Gasteiger partial charge on any atom is 0.410 e. The fourth-order valence-corrected chi connectivity index (χ4v) is 2.85. The van der Waals surface area contributed by atoms with Gasteiger partial charge in [0.15, 0.2) is 0 Å². The lowest BCUT2D eigenvalue weighted by Crippen LogP contribution is -2.54. The zero-order valence-electron chi connectivity index (χ0n) is 13.8. The number of amides is 1. The molecule has 1 saturated heterocycles. The standard InChI is InChI=1S/C15H22Cl2N4O2/c1-10-8-20(9-11-7-18-13(17)19-12(11)16)5-6-21(10)14(22)23-15(2,3)4/h7,10H,5-6,8-9H2,1-4H3/t10-/m1/s1. The van der Waals surface area contributed by atoms with Crippen LogP contribution in [-0.2, 0) is 11.3 Å². The molecule has 0 aliphatic carbocycles. The molecule has 0 aromatic carbocycles. The number of carbonyl (C=O) groups excluding carboxylic acids is 1. The van der Waals surface area contributed by atoms with Gasteiger partial charge in [0.2, 0.25) is 5.28 Å².